The average molecular weight is 307 g/mol. The lowest BCUT2D eigenvalue weighted by molar-refractivity contribution is 1.26. The Kier molecular flexibility index (Phi) is 2.77. The Morgan fingerprint density at radius 1 is 0.542 bits per heavy atom. The van der Waals surface area contributed by atoms with Gasteiger partial charge < -0.3 is 5.73 Å². The first-order chi connectivity index (χ1) is 11.8. The van der Waals surface area contributed by atoms with Gasteiger partial charge in [0.2, 0.25) is 0 Å². The first-order valence-electron chi connectivity index (χ1n) is 8.31. The molecule has 0 atom stereocenters. The average Bonchev–Trinajstić information content (AvgIpc) is 3.01. The first kappa shape index (κ1) is 13.4. The fourth-order valence-electron chi connectivity index (χ4n) is 3.97. The van der Waals surface area contributed by atoms with E-state index in [1.807, 2.05) is 12.1 Å². The van der Waals surface area contributed by atoms with Crippen LogP contribution in [-0.2, 0) is 6.42 Å². The van der Waals surface area contributed by atoms with Gasteiger partial charge in [-0.05, 0) is 51.3 Å². The summed E-state index contributed by atoms with van der Waals surface area (Å²) in [5.41, 5.74) is 15.2. The van der Waals surface area contributed by atoms with Crippen LogP contribution in [0.4, 0.5) is 5.69 Å². The fourth-order valence-corrected chi connectivity index (χ4v) is 3.97. The Morgan fingerprint density at radius 3 is 2.08 bits per heavy atom. The van der Waals surface area contributed by atoms with Crippen molar-refractivity contribution in [1.82, 2.24) is 0 Å². The van der Waals surface area contributed by atoms with Crippen molar-refractivity contribution >= 4 is 16.5 Å². The van der Waals surface area contributed by atoms with Gasteiger partial charge in [0.1, 0.15) is 0 Å². The molecule has 1 aliphatic rings. The van der Waals surface area contributed by atoms with Gasteiger partial charge >= 0.3 is 0 Å². The maximum Gasteiger partial charge on any atom is 0.0394 e. The summed E-state index contributed by atoms with van der Waals surface area (Å²) in [5, 5.41) is 2.35. The van der Waals surface area contributed by atoms with Crippen molar-refractivity contribution in [3.63, 3.8) is 0 Å². The molecule has 24 heavy (non-hydrogen) atoms. The fraction of sp³-hybridized carbons (Fsp3) is 0.0435. The van der Waals surface area contributed by atoms with Crippen LogP contribution in [0.15, 0.2) is 78.9 Å². The molecule has 5 rings (SSSR count). The maximum absolute atomic E-state index is 6.18. The quantitative estimate of drug-likeness (QED) is 0.397. The first-order valence-corrected chi connectivity index (χ1v) is 8.31. The molecule has 0 heterocycles. The van der Waals surface area contributed by atoms with E-state index in [0.29, 0.717) is 0 Å². The smallest absolute Gasteiger partial charge is 0.0394 e. The van der Waals surface area contributed by atoms with Crippen LogP contribution in [-0.4, -0.2) is 0 Å². The third kappa shape index (κ3) is 1.82. The number of nitrogens with two attached hydrogens (primary N) is 1. The second-order valence-electron chi connectivity index (χ2n) is 6.41. The molecular weight excluding hydrogens is 290 g/mol. The van der Waals surface area contributed by atoms with E-state index in [1.165, 1.54) is 38.8 Å². The number of hydrogen-bond donors (Lipinski definition) is 1. The number of nitrogen functional groups attached to an aromatic ring is 1. The Hall–Kier alpha value is -3.06. The highest BCUT2D eigenvalue weighted by atomic mass is 14.5. The van der Waals surface area contributed by atoms with E-state index in [9.17, 15) is 0 Å². The minimum Gasteiger partial charge on any atom is -0.398 e. The molecule has 0 saturated heterocycles. The topological polar surface area (TPSA) is 26.0 Å². The van der Waals surface area contributed by atoms with E-state index in [0.717, 1.165) is 17.5 Å². The van der Waals surface area contributed by atoms with Crippen molar-refractivity contribution in [2.24, 2.45) is 0 Å². The molecule has 4 aromatic carbocycles. The SMILES string of the molecule is Nc1ccc(-c2cccc3c2Cc2ccccc2-3)c2ccccc12. The van der Waals surface area contributed by atoms with Gasteiger partial charge in [0.15, 0.2) is 0 Å². The van der Waals surface area contributed by atoms with E-state index in [2.05, 4.69) is 66.7 Å². The normalized spacial score (nSPS) is 12.2. The lowest BCUT2D eigenvalue weighted by atomic mass is 9.92. The maximum atomic E-state index is 6.18. The molecule has 0 fully saturated rings. The zero-order valence-electron chi connectivity index (χ0n) is 13.3. The number of anilines is 1. The lowest BCUT2D eigenvalue weighted by Crippen LogP contribution is -1.92. The predicted molar refractivity (Wildman–Crippen MR) is 102 cm³/mol. The van der Waals surface area contributed by atoms with Crippen LogP contribution in [0.1, 0.15) is 11.1 Å². The van der Waals surface area contributed by atoms with Crippen LogP contribution in [0.5, 0.6) is 0 Å². The predicted octanol–water partition coefficient (Wildman–Crippen LogP) is 5.66. The molecule has 0 amide bonds. The van der Waals surface area contributed by atoms with Gasteiger partial charge in [-0.3, -0.25) is 0 Å². The van der Waals surface area contributed by atoms with E-state index in [-0.39, 0.29) is 0 Å². The Labute approximate surface area is 141 Å². The van der Waals surface area contributed by atoms with Gasteiger partial charge in [-0.25, -0.2) is 0 Å². The third-order valence-electron chi connectivity index (χ3n) is 5.10. The summed E-state index contributed by atoms with van der Waals surface area (Å²) in [5.74, 6) is 0. The molecule has 0 aliphatic heterocycles. The van der Waals surface area contributed by atoms with Crippen molar-refractivity contribution in [2.45, 2.75) is 6.42 Å². The van der Waals surface area contributed by atoms with E-state index < -0.39 is 0 Å². The van der Waals surface area contributed by atoms with E-state index in [4.69, 9.17) is 5.73 Å². The zero-order valence-corrected chi connectivity index (χ0v) is 13.3. The number of hydrogen-bond acceptors (Lipinski definition) is 1. The second-order valence-corrected chi connectivity index (χ2v) is 6.41. The zero-order chi connectivity index (χ0) is 16.1. The summed E-state index contributed by atoms with van der Waals surface area (Å²) >= 11 is 0. The van der Waals surface area contributed by atoms with Gasteiger partial charge in [-0.15, -0.1) is 0 Å². The Morgan fingerprint density at radius 2 is 1.21 bits per heavy atom. The van der Waals surface area contributed by atoms with E-state index in [1.54, 1.807) is 0 Å². The van der Waals surface area contributed by atoms with Crippen molar-refractivity contribution < 1.29 is 0 Å². The Balaban J connectivity index is 1.81. The van der Waals surface area contributed by atoms with Gasteiger partial charge in [-0.1, -0.05) is 72.8 Å². The van der Waals surface area contributed by atoms with E-state index >= 15 is 0 Å². The van der Waals surface area contributed by atoms with Crippen molar-refractivity contribution in [3.05, 3.63) is 90.0 Å². The molecule has 114 valence electrons. The third-order valence-corrected chi connectivity index (χ3v) is 5.10. The highest BCUT2D eigenvalue weighted by Crippen LogP contribution is 2.43. The van der Waals surface area contributed by atoms with Crippen LogP contribution in [0.2, 0.25) is 0 Å². The summed E-state index contributed by atoms with van der Waals surface area (Å²) in [4.78, 5) is 0. The second kappa shape index (κ2) is 4.97. The Bertz CT molecular complexity index is 1090. The molecule has 0 saturated carbocycles. The van der Waals surface area contributed by atoms with Crippen molar-refractivity contribution in [3.8, 4) is 22.3 Å². The van der Waals surface area contributed by atoms with Gasteiger partial charge in [0, 0.05) is 11.1 Å². The van der Waals surface area contributed by atoms with Crippen molar-refractivity contribution in [1.29, 1.82) is 0 Å². The highest BCUT2D eigenvalue weighted by molar-refractivity contribution is 6.04. The largest absolute Gasteiger partial charge is 0.398 e. The lowest BCUT2D eigenvalue weighted by Gasteiger charge is -2.13. The van der Waals surface area contributed by atoms with Gasteiger partial charge in [-0.2, -0.15) is 0 Å². The molecule has 2 N–H and O–H groups in total. The number of fused-ring (bicyclic) bond motifs is 4. The van der Waals surface area contributed by atoms with Crippen LogP contribution >= 0.6 is 0 Å². The van der Waals surface area contributed by atoms with Crippen LogP contribution in [0.3, 0.4) is 0 Å². The van der Waals surface area contributed by atoms with Gasteiger partial charge in [0.25, 0.3) is 0 Å². The highest BCUT2D eigenvalue weighted by Gasteiger charge is 2.21. The van der Waals surface area contributed by atoms with Crippen LogP contribution < -0.4 is 5.73 Å². The minimum absolute atomic E-state index is 0.838. The summed E-state index contributed by atoms with van der Waals surface area (Å²) in [7, 11) is 0. The summed E-state index contributed by atoms with van der Waals surface area (Å²) < 4.78 is 0. The van der Waals surface area contributed by atoms with Crippen LogP contribution in [0, 0.1) is 0 Å². The summed E-state index contributed by atoms with van der Waals surface area (Å²) in [6.07, 6.45) is 1.00. The molecule has 0 spiro atoms. The van der Waals surface area contributed by atoms with Crippen LogP contribution in [0.25, 0.3) is 33.0 Å². The molecule has 0 bridgehead atoms. The molecule has 0 aromatic heterocycles. The molecule has 1 heteroatoms. The summed E-state index contributed by atoms with van der Waals surface area (Å²) in [6.45, 7) is 0. The summed E-state index contributed by atoms with van der Waals surface area (Å²) in [6, 6.07) is 28.0. The standard InChI is InChI=1S/C23H17N/c24-23-13-12-20(18-8-3-4-9-21(18)23)19-11-5-10-17-16-7-2-1-6-15(16)14-22(17)19/h1-13H,14,24H2. The molecule has 1 nitrogen and oxygen atoms in total. The molecule has 0 radical (unpaired) electrons. The monoisotopic (exact) mass is 307 g/mol. The number of benzene rings is 4. The molecule has 1 aliphatic carbocycles. The van der Waals surface area contributed by atoms with Gasteiger partial charge in [0.05, 0.1) is 0 Å². The minimum atomic E-state index is 0.838. The molecule has 4 aromatic rings. The molecular formula is C23H17N. The molecule has 0 unspecified atom stereocenters. The van der Waals surface area contributed by atoms with Crippen molar-refractivity contribution in [2.75, 3.05) is 5.73 Å². The number of rotatable bonds is 1.